The molecular weight excluding hydrogens is 251 g/mol. The quantitative estimate of drug-likeness (QED) is 0.889. The van der Waals surface area contributed by atoms with Crippen molar-refractivity contribution in [2.24, 2.45) is 5.92 Å². The molecule has 0 spiro atoms. The Kier molecular flexibility index (Phi) is 4.25. The fourth-order valence-electron chi connectivity index (χ4n) is 3.64. The fourth-order valence-corrected chi connectivity index (χ4v) is 3.64. The number of halogens is 1. The molecule has 1 saturated carbocycles. The zero-order valence-electron chi connectivity index (χ0n) is 12.4. The molecule has 1 saturated heterocycles. The van der Waals surface area contributed by atoms with E-state index in [4.69, 9.17) is 0 Å². The minimum atomic E-state index is -0.0877. The zero-order chi connectivity index (χ0) is 13.9. The van der Waals surface area contributed by atoms with Gasteiger partial charge in [0.15, 0.2) is 0 Å². The maximum atomic E-state index is 13.7. The van der Waals surface area contributed by atoms with Crippen LogP contribution in [0.2, 0.25) is 0 Å². The number of piperazine rings is 1. The van der Waals surface area contributed by atoms with Gasteiger partial charge in [0.25, 0.3) is 0 Å². The lowest BCUT2D eigenvalue weighted by Gasteiger charge is -2.40. The summed E-state index contributed by atoms with van der Waals surface area (Å²) in [5, 5.41) is 3.68. The van der Waals surface area contributed by atoms with E-state index in [0.29, 0.717) is 6.04 Å². The first kappa shape index (κ1) is 13.9. The van der Waals surface area contributed by atoms with E-state index in [1.54, 1.807) is 6.07 Å². The third-order valence-corrected chi connectivity index (χ3v) is 4.94. The Hall–Kier alpha value is -1.09. The lowest BCUT2D eigenvalue weighted by atomic mass is 9.83. The first-order valence-corrected chi connectivity index (χ1v) is 7.98. The number of nitrogens with zero attached hydrogens (tertiary/aromatic N) is 1. The van der Waals surface area contributed by atoms with Crippen molar-refractivity contribution in [1.29, 1.82) is 0 Å². The van der Waals surface area contributed by atoms with Gasteiger partial charge in [0, 0.05) is 31.4 Å². The van der Waals surface area contributed by atoms with Crippen LogP contribution in [0.1, 0.15) is 37.7 Å². The summed E-state index contributed by atoms with van der Waals surface area (Å²) in [6.45, 7) is 4.83. The summed E-state index contributed by atoms with van der Waals surface area (Å²) in [6, 6.07) is 6.22. The first-order chi connectivity index (χ1) is 9.74. The summed E-state index contributed by atoms with van der Waals surface area (Å²) < 4.78 is 13.7. The van der Waals surface area contributed by atoms with Crippen LogP contribution in [0.3, 0.4) is 0 Å². The van der Waals surface area contributed by atoms with Gasteiger partial charge in [-0.05, 0) is 43.4 Å². The number of hydrogen-bond donors (Lipinski definition) is 1. The Labute approximate surface area is 121 Å². The summed E-state index contributed by atoms with van der Waals surface area (Å²) in [6.07, 6.45) is 6.86. The van der Waals surface area contributed by atoms with Gasteiger partial charge >= 0.3 is 0 Å². The molecule has 2 fully saturated rings. The van der Waals surface area contributed by atoms with Crippen LogP contribution in [-0.4, -0.2) is 25.7 Å². The molecule has 2 nitrogen and oxygen atoms in total. The highest BCUT2D eigenvalue weighted by Gasteiger charge is 2.28. The normalized spacial score (nSPS) is 24.9. The highest BCUT2D eigenvalue weighted by atomic mass is 19.1. The highest BCUT2D eigenvalue weighted by Crippen LogP contribution is 2.29. The third kappa shape index (κ3) is 2.98. The third-order valence-electron chi connectivity index (χ3n) is 4.94. The van der Waals surface area contributed by atoms with Crippen molar-refractivity contribution in [1.82, 2.24) is 5.32 Å². The van der Waals surface area contributed by atoms with Gasteiger partial charge in [0.1, 0.15) is 5.82 Å². The molecule has 1 unspecified atom stereocenters. The number of benzene rings is 1. The monoisotopic (exact) mass is 276 g/mol. The number of hydrogen-bond acceptors (Lipinski definition) is 2. The number of rotatable bonds is 2. The molecule has 1 aromatic rings. The Morgan fingerprint density at radius 2 is 2.00 bits per heavy atom. The summed E-state index contributed by atoms with van der Waals surface area (Å²) >= 11 is 0. The van der Waals surface area contributed by atoms with E-state index in [2.05, 4.69) is 16.3 Å². The van der Waals surface area contributed by atoms with Crippen molar-refractivity contribution in [2.45, 2.75) is 45.1 Å². The Balaban J connectivity index is 1.69. The Bertz CT molecular complexity index is 454. The van der Waals surface area contributed by atoms with Crippen LogP contribution in [0.25, 0.3) is 0 Å². The first-order valence-electron chi connectivity index (χ1n) is 7.98. The van der Waals surface area contributed by atoms with Crippen LogP contribution >= 0.6 is 0 Å². The van der Waals surface area contributed by atoms with Crippen molar-refractivity contribution in [3.8, 4) is 0 Å². The van der Waals surface area contributed by atoms with Crippen LogP contribution < -0.4 is 10.2 Å². The molecule has 3 rings (SSSR count). The van der Waals surface area contributed by atoms with Crippen molar-refractivity contribution in [3.63, 3.8) is 0 Å². The SMILES string of the molecule is Cc1ccc(N2CCNC(C3CCCCC3)C2)cc1F. The second-order valence-electron chi connectivity index (χ2n) is 6.34. The largest absolute Gasteiger partial charge is 0.369 e. The molecule has 1 heterocycles. The molecule has 3 heteroatoms. The van der Waals surface area contributed by atoms with Gasteiger partial charge in [0.05, 0.1) is 0 Å². The van der Waals surface area contributed by atoms with Crippen molar-refractivity contribution < 1.29 is 4.39 Å². The molecule has 0 bridgehead atoms. The Morgan fingerprint density at radius 3 is 2.75 bits per heavy atom. The molecule has 1 aromatic carbocycles. The summed E-state index contributed by atoms with van der Waals surface area (Å²) in [7, 11) is 0. The average Bonchev–Trinajstić information content (AvgIpc) is 2.51. The van der Waals surface area contributed by atoms with Gasteiger partial charge < -0.3 is 10.2 Å². The number of nitrogens with one attached hydrogen (secondary N) is 1. The molecule has 1 atom stereocenters. The molecule has 0 amide bonds. The van der Waals surface area contributed by atoms with E-state index in [9.17, 15) is 4.39 Å². The van der Waals surface area contributed by atoms with Gasteiger partial charge in [-0.3, -0.25) is 0 Å². The summed E-state index contributed by atoms with van der Waals surface area (Å²) in [5.74, 6) is 0.720. The predicted molar refractivity (Wildman–Crippen MR) is 81.7 cm³/mol. The molecular formula is C17H25FN2. The lowest BCUT2D eigenvalue weighted by Crippen LogP contribution is -2.54. The van der Waals surface area contributed by atoms with Gasteiger partial charge in [-0.2, -0.15) is 0 Å². The van der Waals surface area contributed by atoms with Gasteiger partial charge in [-0.1, -0.05) is 25.3 Å². The van der Waals surface area contributed by atoms with Gasteiger partial charge in [-0.15, -0.1) is 0 Å². The summed E-state index contributed by atoms with van der Waals surface area (Å²) in [4.78, 5) is 2.35. The smallest absolute Gasteiger partial charge is 0.128 e. The van der Waals surface area contributed by atoms with Gasteiger partial charge in [-0.25, -0.2) is 4.39 Å². The number of anilines is 1. The van der Waals surface area contributed by atoms with E-state index in [1.165, 1.54) is 32.1 Å². The van der Waals surface area contributed by atoms with Crippen LogP contribution in [0, 0.1) is 18.7 Å². The zero-order valence-corrected chi connectivity index (χ0v) is 12.4. The summed E-state index contributed by atoms with van der Waals surface area (Å²) in [5.41, 5.74) is 1.77. The molecule has 20 heavy (non-hydrogen) atoms. The minimum absolute atomic E-state index is 0.0877. The van der Waals surface area contributed by atoms with Crippen LogP contribution in [0.15, 0.2) is 18.2 Å². The standard InChI is InChI=1S/C17H25FN2/c1-13-7-8-15(11-16(13)18)20-10-9-19-17(12-20)14-5-3-2-4-6-14/h7-8,11,14,17,19H,2-6,9-10,12H2,1H3. The lowest BCUT2D eigenvalue weighted by molar-refractivity contribution is 0.257. The highest BCUT2D eigenvalue weighted by molar-refractivity contribution is 5.48. The van der Waals surface area contributed by atoms with E-state index in [1.807, 2.05) is 13.0 Å². The van der Waals surface area contributed by atoms with Crippen molar-refractivity contribution in [2.75, 3.05) is 24.5 Å². The van der Waals surface area contributed by atoms with E-state index in [0.717, 1.165) is 36.8 Å². The molecule has 1 aliphatic carbocycles. The number of aryl methyl sites for hydroxylation is 1. The van der Waals surface area contributed by atoms with E-state index < -0.39 is 0 Å². The molecule has 1 N–H and O–H groups in total. The second-order valence-corrected chi connectivity index (χ2v) is 6.34. The van der Waals surface area contributed by atoms with Gasteiger partial charge in [0.2, 0.25) is 0 Å². The predicted octanol–water partition coefficient (Wildman–Crippen LogP) is 3.49. The molecule has 0 aromatic heterocycles. The maximum absolute atomic E-state index is 13.7. The maximum Gasteiger partial charge on any atom is 0.128 e. The van der Waals surface area contributed by atoms with Crippen LogP contribution in [-0.2, 0) is 0 Å². The van der Waals surface area contributed by atoms with Crippen molar-refractivity contribution >= 4 is 5.69 Å². The molecule has 1 aliphatic heterocycles. The fraction of sp³-hybridized carbons (Fsp3) is 0.647. The van der Waals surface area contributed by atoms with Crippen molar-refractivity contribution in [3.05, 3.63) is 29.6 Å². The Morgan fingerprint density at radius 1 is 1.20 bits per heavy atom. The van der Waals surface area contributed by atoms with Crippen LogP contribution in [0.4, 0.5) is 10.1 Å². The average molecular weight is 276 g/mol. The second kappa shape index (κ2) is 6.13. The van der Waals surface area contributed by atoms with E-state index >= 15 is 0 Å². The molecule has 0 radical (unpaired) electrons. The van der Waals surface area contributed by atoms with Crippen LogP contribution in [0.5, 0.6) is 0 Å². The molecule has 2 aliphatic rings. The van der Waals surface area contributed by atoms with E-state index in [-0.39, 0.29) is 5.82 Å². The minimum Gasteiger partial charge on any atom is -0.369 e. The molecule has 110 valence electrons. The topological polar surface area (TPSA) is 15.3 Å².